The molecular weight excluding hydrogens is 230 g/mol. The Bertz CT molecular complexity index is 571. The van der Waals surface area contributed by atoms with Gasteiger partial charge >= 0.3 is 0 Å². The van der Waals surface area contributed by atoms with Crippen LogP contribution >= 0.6 is 11.3 Å². The van der Waals surface area contributed by atoms with Crippen LogP contribution in [0.15, 0.2) is 30.3 Å². The quantitative estimate of drug-likeness (QED) is 0.862. The van der Waals surface area contributed by atoms with Crippen LogP contribution in [0.2, 0.25) is 0 Å². The van der Waals surface area contributed by atoms with E-state index in [0.29, 0.717) is 6.54 Å². The lowest BCUT2D eigenvalue weighted by atomic mass is 10.1. The number of fused-ring (bicyclic) bond motifs is 1. The van der Waals surface area contributed by atoms with Crippen molar-refractivity contribution in [1.29, 1.82) is 0 Å². The highest BCUT2D eigenvalue weighted by atomic mass is 32.1. The number of hydrogen-bond donors (Lipinski definition) is 1. The molecule has 0 saturated heterocycles. The van der Waals surface area contributed by atoms with Crippen LogP contribution < -0.4 is 5.32 Å². The van der Waals surface area contributed by atoms with Gasteiger partial charge in [0.25, 0.3) is 5.91 Å². The van der Waals surface area contributed by atoms with E-state index in [-0.39, 0.29) is 5.91 Å². The number of carbonyl (C=O) groups excluding carboxylic acids is 1. The highest BCUT2D eigenvalue weighted by molar-refractivity contribution is 7.16. The minimum Gasteiger partial charge on any atom is -0.348 e. The molecule has 2 heterocycles. The van der Waals surface area contributed by atoms with Gasteiger partial charge in [0.1, 0.15) is 0 Å². The van der Waals surface area contributed by atoms with Crippen molar-refractivity contribution in [3.8, 4) is 10.4 Å². The van der Waals surface area contributed by atoms with Crippen LogP contribution in [0.5, 0.6) is 0 Å². The summed E-state index contributed by atoms with van der Waals surface area (Å²) < 4.78 is 0. The molecule has 0 unspecified atom stereocenters. The molecule has 2 nitrogen and oxygen atoms in total. The minimum absolute atomic E-state index is 0.0785. The molecule has 1 aromatic carbocycles. The van der Waals surface area contributed by atoms with Crippen LogP contribution in [0.1, 0.15) is 27.7 Å². The first kappa shape index (κ1) is 10.5. The van der Waals surface area contributed by atoms with Gasteiger partial charge in [-0.25, -0.2) is 0 Å². The molecule has 0 spiro atoms. The SMILES string of the molecule is CCc1sc(-c2ccccc2)c2c1CNC2=O. The fourth-order valence-electron chi connectivity index (χ4n) is 2.27. The van der Waals surface area contributed by atoms with Crippen LogP contribution in [0.25, 0.3) is 10.4 Å². The zero-order valence-corrected chi connectivity index (χ0v) is 10.4. The second-order valence-corrected chi connectivity index (χ2v) is 5.22. The molecule has 1 amide bonds. The second kappa shape index (κ2) is 4.00. The Morgan fingerprint density at radius 2 is 2.06 bits per heavy atom. The topological polar surface area (TPSA) is 29.1 Å². The van der Waals surface area contributed by atoms with Gasteiger partial charge in [-0.1, -0.05) is 37.3 Å². The molecule has 2 aromatic rings. The Kier molecular flexibility index (Phi) is 2.48. The molecule has 0 aliphatic carbocycles. The third-order valence-corrected chi connectivity index (χ3v) is 4.53. The van der Waals surface area contributed by atoms with Crippen molar-refractivity contribution in [2.24, 2.45) is 0 Å². The Morgan fingerprint density at radius 3 is 2.76 bits per heavy atom. The van der Waals surface area contributed by atoms with Gasteiger partial charge in [0, 0.05) is 16.3 Å². The smallest absolute Gasteiger partial charge is 0.253 e. The Morgan fingerprint density at radius 1 is 1.29 bits per heavy atom. The Balaban J connectivity index is 2.22. The lowest BCUT2D eigenvalue weighted by Crippen LogP contribution is -2.13. The van der Waals surface area contributed by atoms with Crippen molar-refractivity contribution in [2.75, 3.05) is 0 Å². The van der Waals surface area contributed by atoms with Gasteiger partial charge < -0.3 is 5.32 Å². The highest BCUT2D eigenvalue weighted by Gasteiger charge is 2.28. The molecule has 17 heavy (non-hydrogen) atoms. The lowest BCUT2D eigenvalue weighted by molar-refractivity contribution is 0.0966. The van der Waals surface area contributed by atoms with Crippen LogP contribution in [-0.4, -0.2) is 5.91 Å². The van der Waals surface area contributed by atoms with Gasteiger partial charge in [0.2, 0.25) is 0 Å². The lowest BCUT2D eigenvalue weighted by Gasteiger charge is -1.99. The maximum Gasteiger partial charge on any atom is 0.253 e. The maximum absolute atomic E-state index is 11.9. The average Bonchev–Trinajstić information content (AvgIpc) is 2.92. The fraction of sp³-hybridized carbons (Fsp3) is 0.214. The first-order chi connectivity index (χ1) is 8.31. The van der Waals surface area contributed by atoms with Crippen LogP contribution in [0.3, 0.4) is 0 Å². The van der Waals surface area contributed by atoms with Gasteiger partial charge in [0.15, 0.2) is 0 Å². The molecular formula is C14H13NOS. The maximum atomic E-state index is 11.9. The molecule has 1 aliphatic rings. The van der Waals surface area contributed by atoms with E-state index in [1.165, 1.54) is 10.4 Å². The normalized spacial score (nSPS) is 13.6. The van der Waals surface area contributed by atoms with Gasteiger partial charge in [0.05, 0.1) is 5.56 Å². The largest absolute Gasteiger partial charge is 0.348 e. The number of carbonyl (C=O) groups is 1. The summed E-state index contributed by atoms with van der Waals surface area (Å²) in [6.07, 6.45) is 0.995. The molecule has 86 valence electrons. The number of aryl methyl sites for hydroxylation is 1. The molecule has 0 bridgehead atoms. The van der Waals surface area contributed by atoms with Gasteiger partial charge in [-0.3, -0.25) is 4.79 Å². The molecule has 0 radical (unpaired) electrons. The first-order valence-corrected chi connectivity index (χ1v) is 6.61. The van der Waals surface area contributed by atoms with E-state index < -0.39 is 0 Å². The third kappa shape index (κ3) is 1.58. The second-order valence-electron chi connectivity index (χ2n) is 4.11. The molecule has 1 N–H and O–H groups in total. The van der Waals surface area contributed by atoms with Gasteiger partial charge in [-0.15, -0.1) is 11.3 Å². The van der Waals surface area contributed by atoms with Crippen molar-refractivity contribution < 1.29 is 4.79 Å². The number of nitrogens with one attached hydrogen (secondary N) is 1. The van der Waals surface area contributed by atoms with Crippen molar-refractivity contribution in [1.82, 2.24) is 5.32 Å². The molecule has 3 heteroatoms. The van der Waals surface area contributed by atoms with Crippen LogP contribution in [0.4, 0.5) is 0 Å². The van der Waals surface area contributed by atoms with E-state index in [1.807, 2.05) is 18.2 Å². The molecule has 1 aliphatic heterocycles. The third-order valence-electron chi connectivity index (χ3n) is 3.10. The average molecular weight is 243 g/mol. The van der Waals surface area contributed by atoms with E-state index in [0.717, 1.165) is 22.4 Å². The number of hydrogen-bond acceptors (Lipinski definition) is 2. The van der Waals surface area contributed by atoms with Crippen LogP contribution in [0, 0.1) is 0 Å². The van der Waals surface area contributed by atoms with Gasteiger partial charge in [-0.2, -0.15) is 0 Å². The summed E-state index contributed by atoms with van der Waals surface area (Å²) >= 11 is 1.76. The van der Waals surface area contributed by atoms with E-state index >= 15 is 0 Å². The molecule has 0 saturated carbocycles. The van der Waals surface area contributed by atoms with Crippen molar-refractivity contribution in [3.63, 3.8) is 0 Å². The Hall–Kier alpha value is -1.61. The number of benzene rings is 1. The number of thiophene rings is 1. The monoisotopic (exact) mass is 243 g/mol. The van der Waals surface area contributed by atoms with Crippen molar-refractivity contribution in [3.05, 3.63) is 46.3 Å². The molecule has 0 atom stereocenters. The van der Waals surface area contributed by atoms with Crippen molar-refractivity contribution >= 4 is 17.2 Å². The summed E-state index contributed by atoms with van der Waals surface area (Å²) in [5, 5.41) is 2.92. The van der Waals surface area contributed by atoms with Crippen molar-refractivity contribution in [2.45, 2.75) is 19.9 Å². The summed E-state index contributed by atoms with van der Waals surface area (Å²) in [7, 11) is 0. The van der Waals surface area contributed by atoms with E-state index in [1.54, 1.807) is 11.3 Å². The summed E-state index contributed by atoms with van der Waals surface area (Å²) in [6.45, 7) is 2.84. The predicted molar refractivity (Wildman–Crippen MR) is 70.3 cm³/mol. The van der Waals surface area contributed by atoms with Gasteiger partial charge in [-0.05, 0) is 17.5 Å². The first-order valence-electron chi connectivity index (χ1n) is 5.79. The van der Waals surface area contributed by atoms with E-state index in [9.17, 15) is 4.79 Å². The van der Waals surface area contributed by atoms with E-state index in [2.05, 4.69) is 24.4 Å². The highest BCUT2D eigenvalue weighted by Crippen LogP contribution is 2.39. The van der Waals surface area contributed by atoms with E-state index in [4.69, 9.17) is 0 Å². The Labute approximate surface area is 104 Å². The predicted octanol–water partition coefficient (Wildman–Crippen LogP) is 3.22. The molecule has 1 aromatic heterocycles. The molecule has 3 rings (SSSR count). The number of rotatable bonds is 2. The standard InChI is InChI=1S/C14H13NOS/c1-2-11-10-8-15-14(16)12(10)13(17-11)9-6-4-3-5-7-9/h3-7H,2,8H2,1H3,(H,15,16). The van der Waals surface area contributed by atoms with Crippen LogP contribution in [-0.2, 0) is 13.0 Å². The molecule has 0 fully saturated rings. The zero-order valence-electron chi connectivity index (χ0n) is 9.62. The minimum atomic E-state index is 0.0785. The number of amides is 1. The summed E-state index contributed by atoms with van der Waals surface area (Å²) in [5.74, 6) is 0.0785. The summed E-state index contributed by atoms with van der Waals surface area (Å²) in [6, 6.07) is 10.2. The summed E-state index contributed by atoms with van der Waals surface area (Å²) in [5.41, 5.74) is 3.25. The fourth-order valence-corrected chi connectivity index (χ4v) is 3.53. The summed E-state index contributed by atoms with van der Waals surface area (Å²) in [4.78, 5) is 14.3. The zero-order chi connectivity index (χ0) is 11.8.